The predicted molar refractivity (Wildman–Crippen MR) is 59.0 cm³/mol. The summed E-state index contributed by atoms with van der Waals surface area (Å²) in [7, 11) is 3.77. The predicted octanol–water partition coefficient (Wildman–Crippen LogP) is 0.453. The minimum absolute atomic E-state index is 0.382. The van der Waals surface area contributed by atoms with E-state index in [1.807, 2.05) is 19.0 Å². The van der Waals surface area contributed by atoms with E-state index in [4.69, 9.17) is 10.9 Å². The molecule has 0 spiro atoms. The summed E-state index contributed by atoms with van der Waals surface area (Å²) < 4.78 is 37.4. The lowest BCUT2D eigenvalue weighted by Gasteiger charge is -2.19. The minimum atomic E-state index is -4.51. The molecule has 0 amide bonds. The molecule has 0 saturated carbocycles. The fraction of sp³-hybridized carbons (Fsp3) is 0.889. The minimum Gasteiger partial charge on any atom is -0.409 e. The Morgan fingerprint density at radius 2 is 2.06 bits per heavy atom. The molecule has 0 aromatic carbocycles. The highest BCUT2D eigenvalue weighted by atomic mass is 19.4. The second-order valence-corrected chi connectivity index (χ2v) is 3.98. The smallest absolute Gasteiger partial charge is 0.400 e. The van der Waals surface area contributed by atoms with Crippen molar-refractivity contribution in [3.05, 3.63) is 0 Å². The Hall–Kier alpha value is -1.02. The van der Waals surface area contributed by atoms with Gasteiger partial charge in [0.25, 0.3) is 0 Å². The zero-order chi connectivity index (χ0) is 13.5. The van der Waals surface area contributed by atoms with Crippen molar-refractivity contribution in [1.29, 1.82) is 0 Å². The second-order valence-electron chi connectivity index (χ2n) is 3.98. The van der Waals surface area contributed by atoms with Crippen molar-refractivity contribution in [3.63, 3.8) is 0 Å². The monoisotopic (exact) mass is 256 g/mol. The number of oxime groups is 1. The molecule has 0 aliphatic carbocycles. The average Bonchev–Trinajstić information content (AvgIpc) is 2.20. The number of rotatable bonds is 7. The Balaban J connectivity index is 4.03. The van der Waals surface area contributed by atoms with Crippen LogP contribution in [0.1, 0.15) is 6.42 Å². The number of nitrogens with one attached hydrogen (secondary N) is 1. The largest absolute Gasteiger partial charge is 0.409 e. The Morgan fingerprint density at radius 1 is 1.47 bits per heavy atom. The first-order chi connectivity index (χ1) is 7.79. The van der Waals surface area contributed by atoms with Crippen LogP contribution in [0.15, 0.2) is 5.16 Å². The summed E-state index contributed by atoms with van der Waals surface area (Å²) in [6.45, 7) is 0.851. The highest BCUT2D eigenvalue weighted by Crippen LogP contribution is 2.25. The van der Waals surface area contributed by atoms with Gasteiger partial charge < -0.3 is 21.2 Å². The first-order valence-corrected chi connectivity index (χ1v) is 5.18. The van der Waals surface area contributed by atoms with E-state index in [0.717, 1.165) is 13.0 Å². The average molecular weight is 256 g/mol. The van der Waals surface area contributed by atoms with Gasteiger partial charge >= 0.3 is 6.18 Å². The summed E-state index contributed by atoms with van der Waals surface area (Å²) in [5.74, 6) is -2.77. The Morgan fingerprint density at radius 3 is 2.47 bits per heavy atom. The van der Waals surface area contributed by atoms with Gasteiger partial charge in [-0.15, -0.1) is 0 Å². The molecule has 1 unspecified atom stereocenters. The third kappa shape index (κ3) is 7.01. The van der Waals surface area contributed by atoms with Gasteiger partial charge in [0.15, 0.2) is 5.84 Å². The van der Waals surface area contributed by atoms with E-state index < -0.39 is 17.9 Å². The molecule has 0 aromatic rings. The molecule has 0 fully saturated rings. The van der Waals surface area contributed by atoms with Gasteiger partial charge in [-0.25, -0.2) is 0 Å². The SMILES string of the molecule is CN(C)CCCNCC(C(N)=NO)C(F)(F)F. The molecule has 5 nitrogen and oxygen atoms in total. The molecule has 0 aliphatic heterocycles. The number of amidine groups is 1. The zero-order valence-corrected chi connectivity index (χ0v) is 9.96. The van der Waals surface area contributed by atoms with E-state index in [2.05, 4.69) is 10.5 Å². The molecule has 8 heteroatoms. The number of alkyl halides is 3. The molecule has 102 valence electrons. The maximum absolute atomic E-state index is 12.5. The third-order valence-corrected chi connectivity index (χ3v) is 2.17. The van der Waals surface area contributed by atoms with E-state index in [1.165, 1.54) is 0 Å². The molecule has 0 rings (SSSR count). The van der Waals surface area contributed by atoms with Gasteiger partial charge in [-0.3, -0.25) is 0 Å². The van der Waals surface area contributed by atoms with E-state index in [-0.39, 0.29) is 6.54 Å². The van der Waals surface area contributed by atoms with Gasteiger partial charge in [0, 0.05) is 6.54 Å². The lowest BCUT2D eigenvalue weighted by Crippen LogP contribution is -2.43. The number of hydrogen-bond donors (Lipinski definition) is 3. The third-order valence-electron chi connectivity index (χ3n) is 2.17. The fourth-order valence-corrected chi connectivity index (χ4v) is 1.22. The number of hydrogen-bond acceptors (Lipinski definition) is 4. The summed E-state index contributed by atoms with van der Waals surface area (Å²) in [4.78, 5) is 1.94. The van der Waals surface area contributed by atoms with Gasteiger partial charge in [-0.1, -0.05) is 5.16 Å². The van der Waals surface area contributed by atoms with E-state index in [1.54, 1.807) is 0 Å². The highest BCUT2D eigenvalue weighted by Gasteiger charge is 2.42. The van der Waals surface area contributed by atoms with Crippen molar-refractivity contribution in [2.24, 2.45) is 16.8 Å². The molecule has 0 aliphatic rings. The lowest BCUT2D eigenvalue weighted by atomic mass is 10.1. The van der Waals surface area contributed by atoms with E-state index >= 15 is 0 Å². The summed E-state index contributed by atoms with van der Waals surface area (Å²) in [6, 6.07) is 0. The van der Waals surface area contributed by atoms with Crippen LogP contribution >= 0.6 is 0 Å². The lowest BCUT2D eigenvalue weighted by molar-refractivity contribution is -0.154. The maximum Gasteiger partial charge on any atom is 0.400 e. The molecule has 0 saturated heterocycles. The zero-order valence-electron chi connectivity index (χ0n) is 9.96. The van der Waals surface area contributed by atoms with Crippen LogP contribution in [0.4, 0.5) is 13.2 Å². The standard InChI is InChI=1S/C9H19F3N4O/c1-16(2)5-3-4-14-6-7(8(13)15-17)9(10,11)12/h7,14,17H,3-6H2,1-2H3,(H2,13,15). The van der Waals surface area contributed by atoms with Crippen molar-refractivity contribution in [2.75, 3.05) is 33.7 Å². The molecule has 1 atom stereocenters. The van der Waals surface area contributed by atoms with Crippen LogP contribution < -0.4 is 11.1 Å². The van der Waals surface area contributed by atoms with Gasteiger partial charge in [0.05, 0.1) is 0 Å². The summed E-state index contributed by atoms with van der Waals surface area (Å²) in [5, 5.41) is 13.3. The van der Waals surface area contributed by atoms with Gasteiger partial charge in [0.1, 0.15) is 5.92 Å². The summed E-state index contributed by atoms with van der Waals surface area (Å²) >= 11 is 0. The maximum atomic E-state index is 12.5. The Kier molecular flexibility index (Phi) is 6.89. The first-order valence-electron chi connectivity index (χ1n) is 5.18. The molecular formula is C9H19F3N4O. The summed E-state index contributed by atoms with van der Waals surface area (Å²) in [6.07, 6.45) is -3.78. The number of nitrogens with zero attached hydrogens (tertiary/aromatic N) is 2. The summed E-state index contributed by atoms with van der Waals surface area (Å²) in [5.41, 5.74) is 5.00. The van der Waals surface area contributed by atoms with Crippen molar-refractivity contribution < 1.29 is 18.4 Å². The molecule has 0 bridgehead atoms. The Labute approximate surface area is 98.4 Å². The van der Waals surface area contributed by atoms with Crippen molar-refractivity contribution in [3.8, 4) is 0 Å². The topological polar surface area (TPSA) is 73.9 Å². The molecule has 0 aromatic heterocycles. The molecule has 0 heterocycles. The van der Waals surface area contributed by atoms with Gasteiger partial charge in [0.2, 0.25) is 0 Å². The quantitative estimate of drug-likeness (QED) is 0.203. The molecular weight excluding hydrogens is 237 g/mol. The highest BCUT2D eigenvalue weighted by molar-refractivity contribution is 5.83. The van der Waals surface area contributed by atoms with E-state index in [9.17, 15) is 13.2 Å². The van der Waals surface area contributed by atoms with Crippen molar-refractivity contribution >= 4 is 5.84 Å². The van der Waals surface area contributed by atoms with Crippen LogP contribution in [0, 0.1) is 5.92 Å². The second kappa shape index (κ2) is 7.33. The molecule has 0 radical (unpaired) electrons. The van der Waals surface area contributed by atoms with E-state index in [0.29, 0.717) is 6.54 Å². The first kappa shape index (κ1) is 16.0. The van der Waals surface area contributed by atoms with Crippen LogP contribution in [0.2, 0.25) is 0 Å². The molecule has 4 N–H and O–H groups in total. The fourth-order valence-electron chi connectivity index (χ4n) is 1.22. The molecule has 17 heavy (non-hydrogen) atoms. The number of halogens is 3. The van der Waals surface area contributed by atoms with Crippen molar-refractivity contribution in [2.45, 2.75) is 12.6 Å². The van der Waals surface area contributed by atoms with Crippen LogP contribution in [0.25, 0.3) is 0 Å². The van der Waals surface area contributed by atoms with Crippen LogP contribution in [-0.2, 0) is 0 Å². The van der Waals surface area contributed by atoms with Crippen molar-refractivity contribution in [1.82, 2.24) is 10.2 Å². The Bertz CT molecular complexity index is 243. The van der Waals surface area contributed by atoms with Crippen LogP contribution in [-0.4, -0.2) is 55.8 Å². The van der Waals surface area contributed by atoms with Gasteiger partial charge in [-0.2, -0.15) is 13.2 Å². The normalized spacial score (nSPS) is 15.3. The number of nitrogens with two attached hydrogens (primary N) is 1. The van der Waals surface area contributed by atoms with Crippen LogP contribution in [0.3, 0.4) is 0 Å². The van der Waals surface area contributed by atoms with Crippen LogP contribution in [0.5, 0.6) is 0 Å². The van der Waals surface area contributed by atoms with Gasteiger partial charge in [-0.05, 0) is 33.6 Å².